The fraction of sp³-hybridized carbons (Fsp3) is 0.111. The highest BCUT2D eigenvalue weighted by Crippen LogP contribution is 2.35. The molecule has 126 valence electrons. The molecule has 0 unspecified atom stereocenters. The molecule has 1 aliphatic rings. The topological polar surface area (TPSA) is 60.5 Å². The number of thiazole rings is 1. The highest BCUT2D eigenvalue weighted by Gasteiger charge is 2.22. The maximum atomic E-state index is 12.5. The van der Waals surface area contributed by atoms with Crippen molar-refractivity contribution >= 4 is 34.0 Å². The first-order chi connectivity index (χ1) is 12.2. The molecular formula is C18H13ClN2O3S. The van der Waals surface area contributed by atoms with Crippen LogP contribution in [-0.4, -0.2) is 17.7 Å². The first-order valence-electron chi connectivity index (χ1n) is 7.58. The summed E-state index contributed by atoms with van der Waals surface area (Å²) in [5.41, 5.74) is 1.53. The van der Waals surface area contributed by atoms with Crippen molar-refractivity contribution in [3.63, 3.8) is 0 Å². The number of carbonyl (C=O) groups excluding carboxylic acids is 1. The third kappa shape index (κ3) is 3.45. The lowest BCUT2D eigenvalue weighted by atomic mass is 10.1. The van der Waals surface area contributed by atoms with E-state index in [1.54, 1.807) is 24.4 Å². The molecule has 0 radical (unpaired) electrons. The van der Waals surface area contributed by atoms with Gasteiger partial charge in [0.25, 0.3) is 5.91 Å². The van der Waals surface area contributed by atoms with Crippen molar-refractivity contribution in [2.75, 3.05) is 12.1 Å². The Hall–Kier alpha value is -2.57. The minimum Gasteiger partial charge on any atom is -0.454 e. The van der Waals surface area contributed by atoms with Crippen LogP contribution in [0.5, 0.6) is 11.5 Å². The third-order valence-electron chi connectivity index (χ3n) is 3.68. The molecule has 4 rings (SSSR count). The maximum absolute atomic E-state index is 12.5. The summed E-state index contributed by atoms with van der Waals surface area (Å²) in [4.78, 5) is 17.8. The van der Waals surface area contributed by atoms with Gasteiger partial charge in [-0.3, -0.25) is 10.1 Å². The van der Waals surface area contributed by atoms with Crippen LogP contribution in [0.3, 0.4) is 0 Å². The summed E-state index contributed by atoms with van der Waals surface area (Å²) in [5.74, 6) is 0.773. The molecule has 5 nitrogen and oxygen atoms in total. The first-order valence-corrected chi connectivity index (χ1v) is 8.77. The number of carbonyl (C=O) groups is 1. The average Bonchev–Trinajstić information content (AvgIpc) is 3.23. The number of fused-ring (bicyclic) bond motifs is 1. The van der Waals surface area contributed by atoms with Gasteiger partial charge >= 0.3 is 0 Å². The molecule has 1 aliphatic heterocycles. The standard InChI is InChI=1S/C18H13ClN2O3S/c19-12-4-1-3-11(7-12)8-13-9-20-18(25-13)21-17(22)14-5-2-6-15-16(14)24-10-23-15/h1-7,9H,8,10H2,(H,20,21,22). The third-order valence-corrected chi connectivity index (χ3v) is 4.83. The summed E-state index contributed by atoms with van der Waals surface area (Å²) in [6, 6.07) is 12.9. The molecule has 3 aromatic rings. The molecule has 0 aliphatic carbocycles. The maximum Gasteiger partial charge on any atom is 0.261 e. The van der Waals surface area contributed by atoms with Gasteiger partial charge in [-0.15, -0.1) is 11.3 Å². The van der Waals surface area contributed by atoms with Crippen LogP contribution in [0.4, 0.5) is 5.13 Å². The smallest absolute Gasteiger partial charge is 0.261 e. The summed E-state index contributed by atoms with van der Waals surface area (Å²) in [7, 11) is 0. The van der Waals surface area contributed by atoms with Crippen molar-refractivity contribution in [1.82, 2.24) is 4.98 Å². The molecule has 2 aromatic carbocycles. The molecule has 25 heavy (non-hydrogen) atoms. The second kappa shape index (κ2) is 6.74. The Kier molecular flexibility index (Phi) is 4.29. The monoisotopic (exact) mass is 372 g/mol. The van der Waals surface area contributed by atoms with E-state index >= 15 is 0 Å². The zero-order valence-corrected chi connectivity index (χ0v) is 14.6. The summed E-state index contributed by atoms with van der Waals surface area (Å²) in [5, 5.41) is 4.06. The van der Waals surface area contributed by atoms with Crippen molar-refractivity contribution < 1.29 is 14.3 Å². The van der Waals surface area contributed by atoms with Crippen LogP contribution in [-0.2, 0) is 6.42 Å². The van der Waals surface area contributed by atoms with Gasteiger partial charge < -0.3 is 9.47 Å². The number of halogens is 1. The van der Waals surface area contributed by atoms with Gasteiger partial charge in [0.1, 0.15) is 0 Å². The number of aromatic nitrogens is 1. The molecule has 0 fully saturated rings. The van der Waals surface area contributed by atoms with Gasteiger partial charge in [0.05, 0.1) is 5.56 Å². The van der Waals surface area contributed by atoms with Gasteiger partial charge in [0, 0.05) is 22.5 Å². The summed E-state index contributed by atoms with van der Waals surface area (Å²) >= 11 is 7.44. The van der Waals surface area contributed by atoms with Crippen LogP contribution in [0.2, 0.25) is 5.02 Å². The zero-order chi connectivity index (χ0) is 17.2. The van der Waals surface area contributed by atoms with Crippen LogP contribution in [0, 0.1) is 0 Å². The number of ether oxygens (including phenoxy) is 2. The Bertz CT molecular complexity index is 942. The lowest BCUT2D eigenvalue weighted by molar-refractivity contribution is 0.102. The van der Waals surface area contributed by atoms with Gasteiger partial charge in [-0.25, -0.2) is 4.98 Å². The van der Waals surface area contributed by atoms with Gasteiger partial charge in [-0.05, 0) is 29.8 Å². The van der Waals surface area contributed by atoms with Gasteiger partial charge in [0.2, 0.25) is 6.79 Å². The SMILES string of the molecule is O=C(Nc1ncc(Cc2cccc(Cl)c2)s1)c1cccc2c1OCO2. The number of nitrogens with one attached hydrogen (secondary N) is 1. The molecule has 1 N–H and O–H groups in total. The minimum atomic E-state index is -0.272. The van der Waals surface area contributed by atoms with Crippen LogP contribution in [0.1, 0.15) is 20.8 Å². The molecule has 0 saturated heterocycles. The molecule has 0 bridgehead atoms. The molecule has 0 saturated carbocycles. The second-order valence-electron chi connectivity index (χ2n) is 5.43. The summed E-state index contributed by atoms with van der Waals surface area (Å²) in [6.45, 7) is 0.126. The first kappa shape index (κ1) is 15.9. The molecular weight excluding hydrogens is 360 g/mol. The number of benzene rings is 2. The van der Waals surface area contributed by atoms with E-state index in [1.807, 2.05) is 24.3 Å². The lowest BCUT2D eigenvalue weighted by Crippen LogP contribution is -2.12. The fourth-order valence-electron chi connectivity index (χ4n) is 2.57. The van der Waals surface area contributed by atoms with Gasteiger partial charge in [0.15, 0.2) is 16.6 Å². The van der Waals surface area contributed by atoms with E-state index < -0.39 is 0 Å². The Morgan fingerprint density at radius 1 is 1.24 bits per heavy atom. The fourth-order valence-corrected chi connectivity index (χ4v) is 3.62. The van der Waals surface area contributed by atoms with E-state index in [4.69, 9.17) is 21.1 Å². The van der Waals surface area contributed by atoms with E-state index in [9.17, 15) is 4.79 Å². The Labute approximate surface area is 153 Å². The van der Waals surface area contributed by atoms with E-state index in [1.165, 1.54) is 11.3 Å². The predicted molar refractivity (Wildman–Crippen MR) is 96.9 cm³/mol. The van der Waals surface area contributed by atoms with Crippen molar-refractivity contribution in [3.05, 3.63) is 69.7 Å². The number of nitrogens with zero attached hydrogens (tertiary/aromatic N) is 1. The molecule has 0 atom stereocenters. The summed E-state index contributed by atoms with van der Waals surface area (Å²) in [6.07, 6.45) is 2.47. The lowest BCUT2D eigenvalue weighted by Gasteiger charge is -2.05. The number of hydrogen-bond donors (Lipinski definition) is 1. The number of rotatable bonds is 4. The quantitative estimate of drug-likeness (QED) is 0.738. The van der Waals surface area contributed by atoms with E-state index in [-0.39, 0.29) is 12.7 Å². The molecule has 0 spiro atoms. The number of anilines is 1. The Morgan fingerprint density at radius 2 is 2.12 bits per heavy atom. The second-order valence-corrected chi connectivity index (χ2v) is 6.98. The molecule has 1 aromatic heterocycles. The van der Waals surface area contributed by atoms with Crippen molar-refractivity contribution in [1.29, 1.82) is 0 Å². The number of para-hydroxylation sites is 1. The van der Waals surface area contributed by atoms with E-state index in [0.717, 1.165) is 10.4 Å². The summed E-state index contributed by atoms with van der Waals surface area (Å²) < 4.78 is 10.7. The van der Waals surface area contributed by atoms with Crippen molar-refractivity contribution in [2.45, 2.75) is 6.42 Å². The van der Waals surface area contributed by atoms with Gasteiger partial charge in [-0.1, -0.05) is 29.8 Å². The Morgan fingerprint density at radius 3 is 3.00 bits per heavy atom. The number of amides is 1. The minimum absolute atomic E-state index is 0.126. The highest BCUT2D eigenvalue weighted by molar-refractivity contribution is 7.15. The van der Waals surface area contributed by atoms with Gasteiger partial charge in [-0.2, -0.15) is 0 Å². The van der Waals surface area contributed by atoms with Crippen molar-refractivity contribution in [3.8, 4) is 11.5 Å². The number of hydrogen-bond acceptors (Lipinski definition) is 5. The van der Waals surface area contributed by atoms with Crippen LogP contribution >= 0.6 is 22.9 Å². The van der Waals surface area contributed by atoms with Crippen LogP contribution in [0.15, 0.2) is 48.7 Å². The molecule has 7 heteroatoms. The normalized spacial score (nSPS) is 12.2. The van der Waals surface area contributed by atoms with Crippen LogP contribution < -0.4 is 14.8 Å². The highest BCUT2D eigenvalue weighted by atomic mass is 35.5. The van der Waals surface area contributed by atoms with Crippen LogP contribution in [0.25, 0.3) is 0 Å². The zero-order valence-electron chi connectivity index (χ0n) is 13.0. The average molecular weight is 373 g/mol. The Balaban J connectivity index is 1.48. The van der Waals surface area contributed by atoms with E-state index in [2.05, 4.69) is 10.3 Å². The largest absolute Gasteiger partial charge is 0.454 e. The predicted octanol–water partition coefficient (Wildman–Crippen LogP) is 4.37. The molecule has 2 heterocycles. The van der Waals surface area contributed by atoms with E-state index in [0.29, 0.717) is 33.6 Å². The van der Waals surface area contributed by atoms with Crippen molar-refractivity contribution in [2.24, 2.45) is 0 Å². The molecule has 1 amide bonds.